The Labute approximate surface area is 107 Å². The van der Waals surface area contributed by atoms with Gasteiger partial charge in [-0.25, -0.2) is 0 Å². The first kappa shape index (κ1) is 16.4. The second kappa shape index (κ2) is 7.68. The highest BCUT2D eigenvalue weighted by molar-refractivity contribution is 6.17. The number of esters is 3. The third kappa shape index (κ3) is 3.21. The Hall–Kier alpha value is -1.59. The lowest BCUT2D eigenvalue weighted by Crippen LogP contribution is -2.49. The van der Waals surface area contributed by atoms with E-state index >= 15 is 0 Å². The second-order valence-corrected chi connectivity index (χ2v) is 3.42. The van der Waals surface area contributed by atoms with Crippen molar-refractivity contribution in [1.29, 1.82) is 0 Å². The standard InChI is InChI=1S/C12H20O6/c1-5-12(9(13)16-6-2,10(14)17-7-3)11(15)18-8-4/h5-8H2,1-4H3. The van der Waals surface area contributed by atoms with Crippen LogP contribution in [0.15, 0.2) is 0 Å². The molecule has 6 nitrogen and oxygen atoms in total. The van der Waals surface area contributed by atoms with Crippen molar-refractivity contribution in [2.24, 2.45) is 5.41 Å². The van der Waals surface area contributed by atoms with E-state index in [1.807, 2.05) is 0 Å². The molecule has 0 unspecified atom stereocenters. The molecular weight excluding hydrogens is 240 g/mol. The van der Waals surface area contributed by atoms with Crippen LogP contribution in [0.2, 0.25) is 0 Å². The summed E-state index contributed by atoms with van der Waals surface area (Å²) in [6, 6.07) is 0. The van der Waals surface area contributed by atoms with Gasteiger partial charge < -0.3 is 14.2 Å². The van der Waals surface area contributed by atoms with E-state index in [9.17, 15) is 14.4 Å². The second-order valence-electron chi connectivity index (χ2n) is 3.42. The van der Waals surface area contributed by atoms with Crippen LogP contribution in [-0.2, 0) is 28.6 Å². The molecule has 0 atom stereocenters. The maximum Gasteiger partial charge on any atom is 0.335 e. The predicted octanol–water partition coefficient (Wildman–Crippen LogP) is 1.07. The number of ether oxygens (including phenoxy) is 3. The SMILES string of the molecule is CCOC(=O)C(CC)(C(=O)OCC)C(=O)OCC. The van der Waals surface area contributed by atoms with E-state index < -0.39 is 23.3 Å². The summed E-state index contributed by atoms with van der Waals surface area (Å²) in [5.74, 6) is -2.78. The Morgan fingerprint density at radius 1 is 0.722 bits per heavy atom. The lowest BCUT2D eigenvalue weighted by atomic mass is 9.85. The molecule has 0 saturated carbocycles. The van der Waals surface area contributed by atoms with E-state index in [1.165, 1.54) is 6.92 Å². The molecule has 0 spiro atoms. The molecular formula is C12H20O6. The third-order valence-corrected chi connectivity index (χ3v) is 2.40. The fourth-order valence-electron chi connectivity index (χ4n) is 1.45. The van der Waals surface area contributed by atoms with E-state index in [1.54, 1.807) is 20.8 Å². The van der Waals surface area contributed by atoms with Crippen molar-refractivity contribution in [3.05, 3.63) is 0 Å². The third-order valence-electron chi connectivity index (χ3n) is 2.40. The van der Waals surface area contributed by atoms with Gasteiger partial charge in [-0.15, -0.1) is 0 Å². The number of hydrogen-bond acceptors (Lipinski definition) is 6. The van der Waals surface area contributed by atoms with Crippen molar-refractivity contribution in [1.82, 2.24) is 0 Å². The van der Waals surface area contributed by atoms with Gasteiger partial charge in [-0.2, -0.15) is 0 Å². The zero-order valence-corrected chi connectivity index (χ0v) is 11.3. The summed E-state index contributed by atoms with van der Waals surface area (Å²) in [4.78, 5) is 35.7. The minimum absolute atomic E-state index is 0.0660. The molecule has 0 aromatic heterocycles. The summed E-state index contributed by atoms with van der Waals surface area (Å²) in [5.41, 5.74) is -2.01. The van der Waals surface area contributed by atoms with E-state index in [0.717, 1.165) is 0 Å². The molecule has 0 aliphatic heterocycles. The van der Waals surface area contributed by atoms with Gasteiger partial charge in [0.15, 0.2) is 0 Å². The van der Waals surface area contributed by atoms with Crippen LogP contribution in [0.4, 0.5) is 0 Å². The number of carbonyl (C=O) groups is 3. The summed E-state index contributed by atoms with van der Waals surface area (Å²) >= 11 is 0. The van der Waals surface area contributed by atoms with Crippen molar-refractivity contribution in [3.8, 4) is 0 Å². The van der Waals surface area contributed by atoms with Crippen LogP contribution < -0.4 is 0 Å². The van der Waals surface area contributed by atoms with E-state index in [4.69, 9.17) is 14.2 Å². The zero-order valence-electron chi connectivity index (χ0n) is 11.3. The van der Waals surface area contributed by atoms with Crippen molar-refractivity contribution in [2.75, 3.05) is 19.8 Å². The van der Waals surface area contributed by atoms with Gasteiger partial charge in [0, 0.05) is 0 Å². The van der Waals surface area contributed by atoms with Crippen LogP contribution in [0, 0.1) is 5.41 Å². The molecule has 0 aliphatic carbocycles. The number of rotatable bonds is 7. The van der Waals surface area contributed by atoms with Gasteiger partial charge in [-0.05, 0) is 27.2 Å². The van der Waals surface area contributed by atoms with Crippen molar-refractivity contribution < 1.29 is 28.6 Å². The highest BCUT2D eigenvalue weighted by Crippen LogP contribution is 2.28. The number of hydrogen-bond donors (Lipinski definition) is 0. The quantitative estimate of drug-likeness (QED) is 0.387. The Morgan fingerprint density at radius 3 is 1.17 bits per heavy atom. The molecule has 0 N–H and O–H groups in total. The van der Waals surface area contributed by atoms with E-state index in [2.05, 4.69) is 0 Å². The van der Waals surface area contributed by atoms with Gasteiger partial charge >= 0.3 is 17.9 Å². The summed E-state index contributed by atoms with van der Waals surface area (Å²) in [7, 11) is 0. The summed E-state index contributed by atoms with van der Waals surface area (Å²) in [6.07, 6.45) is -0.0660. The summed E-state index contributed by atoms with van der Waals surface area (Å²) in [6.45, 7) is 6.51. The Bertz CT molecular complexity index is 264. The molecule has 0 aromatic carbocycles. The molecule has 6 heteroatoms. The number of carbonyl (C=O) groups excluding carboxylic acids is 3. The van der Waals surface area contributed by atoms with Gasteiger partial charge in [-0.3, -0.25) is 14.4 Å². The highest BCUT2D eigenvalue weighted by Gasteiger charge is 2.55. The molecule has 0 bridgehead atoms. The first-order chi connectivity index (χ1) is 8.50. The molecule has 0 aliphatic rings. The minimum Gasteiger partial charge on any atom is -0.465 e. The van der Waals surface area contributed by atoms with Gasteiger partial charge in [-0.1, -0.05) is 6.92 Å². The van der Waals surface area contributed by atoms with Crippen LogP contribution in [-0.4, -0.2) is 37.7 Å². The van der Waals surface area contributed by atoms with Gasteiger partial charge in [0.25, 0.3) is 5.41 Å². The van der Waals surface area contributed by atoms with Gasteiger partial charge in [0.1, 0.15) is 0 Å². The fourth-order valence-corrected chi connectivity index (χ4v) is 1.45. The first-order valence-corrected chi connectivity index (χ1v) is 6.02. The Morgan fingerprint density at radius 2 is 1.00 bits per heavy atom. The van der Waals surface area contributed by atoms with Crippen LogP contribution in [0.25, 0.3) is 0 Å². The lowest BCUT2D eigenvalue weighted by molar-refractivity contribution is -0.184. The molecule has 0 radical (unpaired) electrons. The Balaban J connectivity index is 5.38. The van der Waals surface area contributed by atoms with Crippen molar-refractivity contribution in [3.63, 3.8) is 0 Å². The minimum atomic E-state index is -2.01. The van der Waals surface area contributed by atoms with Crippen LogP contribution in [0.3, 0.4) is 0 Å². The lowest BCUT2D eigenvalue weighted by Gasteiger charge is -2.25. The van der Waals surface area contributed by atoms with Crippen LogP contribution >= 0.6 is 0 Å². The first-order valence-electron chi connectivity index (χ1n) is 6.02. The molecule has 18 heavy (non-hydrogen) atoms. The summed E-state index contributed by atoms with van der Waals surface area (Å²) < 4.78 is 14.4. The van der Waals surface area contributed by atoms with Crippen molar-refractivity contribution in [2.45, 2.75) is 34.1 Å². The van der Waals surface area contributed by atoms with Gasteiger partial charge in [0.2, 0.25) is 0 Å². The maximum absolute atomic E-state index is 11.9. The molecule has 0 amide bonds. The average molecular weight is 260 g/mol. The van der Waals surface area contributed by atoms with Crippen LogP contribution in [0.1, 0.15) is 34.1 Å². The zero-order chi connectivity index (χ0) is 14.2. The molecule has 0 saturated heterocycles. The predicted molar refractivity (Wildman–Crippen MR) is 62.6 cm³/mol. The van der Waals surface area contributed by atoms with E-state index in [-0.39, 0.29) is 26.2 Å². The highest BCUT2D eigenvalue weighted by atomic mass is 16.6. The Kier molecular flexibility index (Phi) is 7.00. The normalized spacial score (nSPS) is 10.7. The topological polar surface area (TPSA) is 78.9 Å². The smallest absolute Gasteiger partial charge is 0.335 e. The van der Waals surface area contributed by atoms with Crippen LogP contribution in [0.5, 0.6) is 0 Å². The summed E-state index contributed by atoms with van der Waals surface area (Å²) in [5, 5.41) is 0. The monoisotopic (exact) mass is 260 g/mol. The van der Waals surface area contributed by atoms with Gasteiger partial charge in [0.05, 0.1) is 19.8 Å². The fraction of sp³-hybridized carbons (Fsp3) is 0.750. The maximum atomic E-state index is 11.9. The molecule has 104 valence electrons. The largest absolute Gasteiger partial charge is 0.465 e. The van der Waals surface area contributed by atoms with E-state index in [0.29, 0.717) is 0 Å². The van der Waals surface area contributed by atoms with Crippen molar-refractivity contribution >= 4 is 17.9 Å². The molecule has 0 aromatic rings. The molecule has 0 rings (SSSR count). The molecule has 0 heterocycles. The average Bonchev–Trinajstić information content (AvgIpc) is 2.31. The molecule has 0 fully saturated rings.